The van der Waals surface area contributed by atoms with Crippen LogP contribution in [0.4, 0.5) is 37.8 Å². The van der Waals surface area contributed by atoms with Crippen molar-refractivity contribution in [3.8, 4) is 0 Å². The van der Waals surface area contributed by atoms with Gasteiger partial charge in [-0.25, -0.2) is 9.97 Å². The number of benzene rings is 2. The van der Waals surface area contributed by atoms with E-state index in [0.29, 0.717) is 11.5 Å². The summed E-state index contributed by atoms with van der Waals surface area (Å²) in [6, 6.07) is 9.36. The van der Waals surface area contributed by atoms with Crippen LogP contribution in [0.2, 0.25) is 0 Å². The van der Waals surface area contributed by atoms with E-state index in [4.69, 9.17) is 0 Å². The van der Waals surface area contributed by atoms with Gasteiger partial charge in [0.25, 0.3) is 0 Å². The minimum atomic E-state index is -4.92. The van der Waals surface area contributed by atoms with Crippen molar-refractivity contribution in [3.63, 3.8) is 0 Å². The number of hydrogen-bond acceptors (Lipinski definition) is 4. The number of halogens is 6. The van der Waals surface area contributed by atoms with Crippen molar-refractivity contribution >= 4 is 11.5 Å². The van der Waals surface area contributed by atoms with Crippen molar-refractivity contribution in [2.45, 2.75) is 66.0 Å². The first-order valence-electron chi connectivity index (χ1n) is 12.5. The molecule has 0 amide bonds. The van der Waals surface area contributed by atoms with Gasteiger partial charge in [-0.15, -0.1) is 0 Å². The standard InChI is InChI=1S/C28H32F6N4/c1-5-7-10-37(6-2)25-9-8-19(3)11-22(25)17-38(26-12-20(4)35-18-36-26)16-21-13-23(27(29,30)31)15-24(14-21)28(32,33)34/h8-9,11-15,18H,5-7,10,16-17H2,1-4H3. The van der Waals surface area contributed by atoms with Crippen LogP contribution < -0.4 is 9.80 Å². The van der Waals surface area contributed by atoms with Crippen LogP contribution in [0, 0.1) is 13.8 Å². The fourth-order valence-electron chi connectivity index (χ4n) is 4.32. The number of nitrogens with zero attached hydrogens (tertiary/aromatic N) is 4. The molecule has 0 fully saturated rings. The summed E-state index contributed by atoms with van der Waals surface area (Å²) in [5.74, 6) is 0.410. The lowest BCUT2D eigenvalue weighted by Gasteiger charge is -2.30. The van der Waals surface area contributed by atoms with E-state index in [0.717, 1.165) is 54.9 Å². The molecule has 0 bridgehead atoms. The van der Waals surface area contributed by atoms with Crippen LogP contribution >= 0.6 is 0 Å². The van der Waals surface area contributed by atoms with Crippen molar-refractivity contribution < 1.29 is 26.3 Å². The topological polar surface area (TPSA) is 32.3 Å². The largest absolute Gasteiger partial charge is 0.416 e. The van der Waals surface area contributed by atoms with Crippen LogP contribution in [0.1, 0.15) is 60.2 Å². The fourth-order valence-corrected chi connectivity index (χ4v) is 4.32. The Morgan fingerprint density at radius 1 is 0.763 bits per heavy atom. The monoisotopic (exact) mass is 538 g/mol. The number of aryl methyl sites for hydroxylation is 2. The Kier molecular flexibility index (Phi) is 9.27. The lowest BCUT2D eigenvalue weighted by Crippen LogP contribution is -2.28. The second kappa shape index (κ2) is 12.0. The zero-order valence-corrected chi connectivity index (χ0v) is 21.9. The maximum atomic E-state index is 13.5. The molecule has 0 atom stereocenters. The molecule has 0 saturated carbocycles. The van der Waals surface area contributed by atoms with E-state index in [1.165, 1.54) is 6.33 Å². The van der Waals surface area contributed by atoms with Crippen LogP contribution in [0.3, 0.4) is 0 Å². The summed E-state index contributed by atoms with van der Waals surface area (Å²) in [6.45, 7) is 9.45. The van der Waals surface area contributed by atoms with Crippen LogP contribution in [0.25, 0.3) is 0 Å². The van der Waals surface area contributed by atoms with Crippen molar-refractivity contribution in [1.29, 1.82) is 0 Å². The Balaban J connectivity index is 2.10. The van der Waals surface area contributed by atoms with Crippen molar-refractivity contribution in [3.05, 3.63) is 82.3 Å². The van der Waals surface area contributed by atoms with Gasteiger partial charge >= 0.3 is 12.4 Å². The highest BCUT2D eigenvalue weighted by Gasteiger charge is 2.37. The van der Waals surface area contributed by atoms with Gasteiger partial charge in [-0.05, 0) is 62.6 Å². The van der Waals surface area contributed by atoms with Gasteiger partial charge in [-0.1, -0.05) is 31.0 Å². The van der Waals surface area contributed by atoms with Gasteiger partial charge < -0.3 is 9.80 Å². The molecule has 38 heavy (non-hydrogen) atoms. The number of anilines is 2. The molecule has 3 rings (SSSR count). The number of aromatic nitrogens is 2. The van der Waals surface area contributed by atoms with Gasteiger partial charge in [-0.2, -0.15) is 26.3 Å². The molecule has 0 aliphatic carbocycles. The lowest BCUT2D eigenvalue weighted by atomic mass is 10.0. The maximum absolute atomic E-state index is 13.5. The summed E-state index contributed by atoms with van der Waals surface area (Å²) in [4.78, 5) is 12.3. The fraction of sp³-hybridized carbons (Fsp3) is 0.429. The molecule has 3 aromatic rings. The Bertz CT molecular complexity index is 1190. The molecule has 4 nitrogen and oxygen atoms in total. The van der Waals surface area contributed by atoms with Gasteiger partial charge in [0, 0.05) is 43.6 Å². The average molecular weight is 539 g/mol. The summed E-state index contributed by atoms with van der Waals surface area (Å²) in [7, 11) is 0. The van der Waals surface area contributed by atoms with E-state index < -0.39 is 23.5 Å². The first-order chi connectivity index (χ1) is 17.8. The van der Waals surface area contributed by atoms with E-state index in [1.54, 1.807) is 17.9 Å². The van der Waals surface area contributed by atoms with Crippen LogP contribution in [-0.2, 0) is 25.4 Å². The normalized spacial score (nSPS) is 12.1. The summed E-state index contributed by atoms with van der Waals surface area (Å²) in [6.07, 6.45) is -6.50. The van der Waals surface area contributed by atoms with Gasteiger partial charge in [0.05, 0.1) is 11.1 Å². The summed E-state index contributed by atoms with van der Waals surface area (Å²) >= 11 is 0. The molecule has 10 heteroatoms. The predicted octanol–water partition coefficient (Wildman–Crippen LogP) is 7.96. The molecule has 0 aliphatic heterocycles. The predicted molar refractivity (Wildman–Crippen MR) is 137 cm³/mol. The molecule has 1 aromatic heterocycles. The summed E-state index contributed by atoms with van der Waals surface area (Å²) in [5, 5.41) is 0. The van der Waals surface area contributed by atoms with Gasteiger partial charge in [0.2, 0.25) is 0 Å². The Hall–Kier alpha value is -3.30. The molecule has 0 aliphatic rings. The number of unbranched alkanes of at least 4 members (excludes halogenated alkanes) is 1. The first-order valence-corrected chi connectivity index (χ1v) is 12.5. The molecule has 0 radical (unpaired) electrons. The third kappa shape index (κ3) is 7.61. The SMILES string of the molecule is CCCCN(CC)c1ccc(C)cc1CN(Cc1cc(C(F)(F)F)cc(C(F)(F)F)c1)c1cc(C)ncn1. The summed E-state index contributed by atoms with van der Waals surface area (Å²) in [5.41, 5.74) is 0.707. The van der Waals surface area contributed by atoms with Crippen LogP contribution in [0.5, 0.6) is 0 Å². The van der Waals surface area contributed by atoms with Gasteiger partial charge in [-0.3, -0.25) is 0 Å². The Labute approximate surface area is 219 Å². The zero-order valence-electron chi connectivity index (χ0n) is 21.9. The van der Waals surface area contributed by atoms with Gasteiger partial charge in [0.15, 0.2) is 0 Å². The van der Waals surface area contributed by atoms with E-state index in [-0.39, 0.29) is 24.7 Å². The van der Waals surface area contributed by atoms with E-state index >= 15 is 0 Å². The second-order valence-electron chi connectivity index (χ2n) is 9.35. The Morgan fingerprint density at radius 2 is 1.42 bits per heavy atom. The highest BCUT2D eigenvalue weighted by atomic mass is 19.4. The summed E-state index contributed by atoms with van der Waals surface area (Å²) < 4.78 is 81.1. The highest BCUT2D eigenvalue weighted by molar-refractivity contribution is 5.57. The third-order valence-corrected chi connectivity index (χ3v) is 6.23. The van der Waals surface area contributed by atoms with Crippen LogP contribution in [0.15, 0.2) is 48.8 Å². The van der Waals surface area contributed by atoms with Gasteiger partial charge in [0.1, 0.15) is 12.1 Å². The molecular weight excluding hydrogens is 506 g/mol. The van der Waals surface area contributed by atoms with Crippen molar-refractivity contribution in [2.75, 3.05) is 22.9 Å². The second-order valence-corrected chi connectivity index (χ2v) is 9.35. The minimum Gasteiger partial charge on any atom is -0.372 e. The smallest absolute Gasteiger partial charge is 0.372 e. The van der Waals surface area contributed by atoms with Crippen molar-refractivity contribution in [2.24, 2.45) is 0 Å². The average Bonchev–Trinajstić information content (AvgIpc) is 2.84. The lowest BCUT2D eigenvalue weighted by molar-refractivity contribution is -0.143. The molecule has 0 N–H and O–H groups in total. The van der Waals surface area contributed by atoms with E-state index in [1.807, 2.05) is 32.0 Å². The maximum Gasteiger partial charge on any atom is 0.416 e. The molecule has 0 spiro atoms. The van der Waals surface area contributed by atoms with Crippen LogP contribution in [-0.4, -0.2) is 23.1 Å². The molecule has 0 saturated heterocycles. The van der Waals surface area contributed by atoms with Crippen molar-refractivity contribution in [1.82, 2.24) is 9.97 Å². The number of hydrogen-bond donors (Lipinski definition) is 0. The van der Waals surface area contributed by atoms with E-state index in [2.05, 4.69) is 21.8 Å². The molecule has 0 unspecified atom stereocenters. The molecule has 206 valence electrons. The number of alkyl halides is 6. The Morgan fingerprint density at radius 3 is 1.97 bits per heavy atom. The highest BCUT2D eigenvalue weighted by Crippen LogP contribution is 2.37. The zero-order chi connectivity index (χ0) is 28.1. The third-order valence-electron chi connectivity index (χ3n) is 6.23. The first kappa shape index (κ1) is 29.3. The molecule has 2 aromatic carbocycles. The van der Waals surface area contributed by atoms with E-state index in [9.17, 15) is 26.3 Å². The molecular formula is C28H32F6N4. The minimum absolute atomic E-state index is 0.115. The molecule has 1 heterocycles. The quantitative estimate of drug-likeness (QED) is 0.245. The number of rotatable bonds is 10.